The summed E-state index contributed by atoms with van der Waals surface area (Å²) in [7, 11) is -4.41. The summed E-state index contributed by atoms with van der Waals surface area (Å²) in [6, 6.07) is 12.8. The van der Waals surface area contributed by atoms with Crippen LogP contribution in [0, 0.1) is 0 Å². The van der Waals surface area contributed by atoms with Crippen molar-refractivity contribution in [3.05, 3.63) is 71.1 Å². The highest BCUT2D eigenvalue weighted by Crippen LogP contribution is 2.23. The van der Waals surface area contributed by atoms with Gasteiger partial charge in [0.25, 0.3) is 0 Å². The fraction of sp³-hybridized carbons (Fsp3) is 0.211. The van der Waals surface area contributed by atoms with Crippen molar-refractivity contribution in [2.45, 2.75) is 16.4 Å². The SMILES string of the molecule is CN(C)S(=O)(=O)c1cccc(CS(=O)(=O)Cc2coc(-c3cccc(Cl)c3)n2)c1. The third-order valence-corrected chi connectivity index (χ3v) is 7.61. The zero-order valence-corrected chi connectivity index (χ0v) is 18.1. The van der Waals surface area contributed by atoms with Crippen molar-refractivity contribution in [2.24, 2.45) is 0 Å². The van der Waals surface area contributed by atoms with Crippen LogP contribution >= 0.6 is 11.6 Å². The van der Waals surface area contributed by atoms with Crippen molar-refractivity contribution in [2.75, 3.05) is 14.1 Å². The molecule has 0 fully saturated rings. The summed E-state index contributed by atoms with van der Waals surface area (Å²) >= 11 is 5.95. The Morgan fingerprint density at radius 3 is 2.41 bits per heavy atom. The molecule has 0 saturated heterocycles. The van der Waals surface area contributed by atoms with E-state index in [4.69, 9.17) is 16.0 Å². The number of nitrogens with zero attached hydrogens (tertiary/aromatic N) is 2. The summed E-state index contributed by atoms with van der Waals surface area (Å²) in [5.41, 5.74) is 1.28. The molecule has 0 aliphatic carbocycles. The van der Waals surface area contributed by atoms with Crippen LogP contribution in [0.25, 0.3) is 11.5 Å². The van der Waals surface area contributed by atoms with E-state index in [9.17, 15) is 16.8 Å². The lowest BCUT2D eigenvalue weighted by Gasteiger charge is -2.12. The second-order valence-corrected chi connectivity index (χ2v) is 11.3. The van der Waals surface area contributed by atoms with Gasteiger partial charge in [0.2, 0.25) is 15.9 Å². The lowest BCUT2D eigenvalue weighted by atomic mass is 10.2. The molecule has 2 aromatic carbocycles. The Bertz CT molecular complexity index is 1230. The lowest BCUT2D eigenvalue weighted by Crippen LogP contribution is -2.22. The monoisotopic (exact) mass is 454 g/mol. The van der Waals surface area contributed by atoms with Crippen molar-refractivity contribution in [1.29, 1.82) is 0 Å². The molecule has 0 radical (unpaired) electrons. The highest BCUT2D eigenvalue weighted by atomic mass is 35.5. The van der Waals surface area contributed by atoms with Gasteiger partial charge in [0, 0.05) is 24.7 Å². The Morgan fingerprint density at radius 2 is 1.72 bits per heavy atom. The summed E-state index contributed by atoms with van der Waals surface area (Å²) in [6.45, 7) is 0. The van der Waals surface area contributed by atoms with E-state index in [0.29, 0.717) is 16.1 Å². The van der Waals surface area contributed by atoms with Crippen LogP contribution in [-0.2, 0) is 31.4 Å². The van der Waals surface area contributed by atoms with E-state index >= 15 is 0 Å². The van der Waals surface area contributed by atoms with Crippen molar-refractivity contribution >= 4 is 31.5 Å². The van der Waals surface area contributed by atoms with Gasteiger partial charge in [-0.25, -0.2) is 26.1 Å². The predicted molar refractivity (Wildman–Crippen MR) is 111 cm³/mol. The molecule has 0 atom stereocenters. The maximum Gasteiger partial charge on any atom is 0.242 e. The number of benzene rings is 2. The van der Waals surface area contributed by atoms with Crippen LogP contribution in [-0.4, -0.2) is 40.2 Å². The molecule has 3 aromatic rings. The standard InChI is InChI=1S/C19H19ClN2O5S2/c1-22(2)29(25,26)18-8-3-5-14(9-18)12-28(23,24)13-17-11-27-19(21-17)15-6-4-7-16(20)10-15/h3-11H,12-13H2,1-2H3. The molecule has 0 bridgehead atoms. The van der Waals surface area contributed by atoms with E-state index < -0.39 is 19.9 Å². The van der Waals surface area contributed by atoms with Crippen LogP contribution in [0.2, 0.25) is 5.02 Å². The highest BCUT2D eigenvalue weighted by molar-refractivity contribution is 7.90. The Morgan fingerprint density at radius 1 is 1.00 bits per heavy atom. The van der Waals surface area contributed by atoms with Gasteiger partial charge in [-0.1, -0.05) is 29.8 Å². The summed E-state index contributed by atoms with van der Waals surface area (Å²) in [4.78, 5) is 4.26. The van der Waals surface area contributed by atoms with E-state index in [1.807, 2.05) is 0 Å². The first-order valence-electron chi connectivity index (χ1n) is 8.49. The van der Waals surface area contributed by atoms with Crippen LogP contribution in [0.15, 0.2) is 64.1 Å². The molecule has 0 saturated carbocycles. The maximum absolute atomic E-state index is 12.6. The summed E-state index contributed by atoms with van der Waals surface area (Å²) in [6.07, 6.45) is 1.29. The Kier molecular flexibility index (Phi) is 6.13. The van der Waals surface area contributed by atoms with Gasteiger partial charge in [-0.15, -0.1) is 0 Å². The molecule has 7 nitrogen and oxygen atoms in total. The van der Waals surface area contributed by atoms with Crippen LogP contribution in [0.3, 0.4) is 0 Å². The smallest absolute Gasteiger partial charge is 0.242 e. The normalized spacial score (nSPS) is 12.4. The minimum Gasteiger partial charge on any atom is -0.444 e. The lowest BCUT2D eigenvalue weighted by molar-refractivity contribution is 0.520. The first kappa shape index (κ1) is 21.5. The van der Waals surface area contributed by atoms with E-state index in [2.05, 4.69) is 4.98 Å². The minimum atomic E-state index is -3.64. The van der Waals surface area contributed by atoms with Gasteiger partial charge in [-0.05, 0) is 35.9 Å². The number of rotatable bonds is 7. The van der Waals surface area contributed by atoms with Crippen LogP contribution in [0.1, 0.15) is 11.3 Å². The molecule has 0 unspecified atom stereocenters. The van der Waals surface area contributed by atoms with Crippen LogP contribution < -0.4 is 0 Å². The molecular formula is C19H19ClN2O5S2. The molecule has 0 amide bonds. The van der Waals surface area contributed by atoms with Gasteiger partial charge in [0.1, 0.15) is 6.26 Å². The topological polar surface area (TPSA) is 97.6 Å². The van der Waals surface area contributed by atoms with Gasteiger partial charge in [0.15, 0.2) is 9.84 Å². The van der Waals surface area contributed by atoms with Gasteiger partial charge >= 0.3 is 0 Å². The fourth-order valence-electron chi connectivity index (χ4n) is 2.66. The molecule has 0 aliphatic heterocycles. The summed E-state index contributed by atoms with van der Waals surface area (Å²) in [5, 5.41) is 0.516. The molecule has 29 heavy (non-hydrogen) atoms. The third-order valence-electron chi connectivity index (χ3n) is 4.05. The number of halogens is 1. The van der Waals surface area contributed by atoms with Crippen molar-refractivity contribution in [1.82, 2.24) is 9.29 Å². The van der Waals surface area contributed by atoms with Crippen LogP contribution in [0.4, 0.5) is 0 Å². The molecule has 1 heterocycles. The van der Waals surface area contributed by atoms with Gasteiger partial charge in [-0.3, -0.25) is 0 Å². The number of sulfonamides is 1. The second kappa shape index (κ2) is 8.27. The fourth-order valence-corrected chi connectivity index (χ4v) is 5.20. The van der Waals surface area contributed by atoms with Gasteiger partial charge in [0.05, 0.1) is 22.1 Å². The van der Waals surface area contributed by atoms with Crippen LogP contribution in [0.5, 0.6) is 0 Å². The Balaban J connectivity index is 1.78. The molecule has 3 rings (SSSR count). The van der Waals surface area contributed by atoms with Gasteiger partial charge < -0.3 is 4.42 Å². The maximum atomic E-state index is 12.6. The average Bonchev–Trinajstić information content (AvgIpc) is 3.09. The number of aromatic nitrogens is 1. The zero-order chi connectivity index (χ0) is 21.2. The van der Waals surface area contributed by atoms with E-state index in [0.717, 1.165) is 4.31 Å². The molecule has 1 aromatic heterocycles. The van der Waals surface area contributed by atoms with Crippen molar-refractivity contribution in [3.63, 3.8) is 0 Å². The second-order valence-electron chi connectivity index (χ2n) is 6.62. The average molecular weight is 455 g/mol. The minimum absolute atomic E-state index is 0.0416. The molecule has 0 aliphatic rings. The van der Waals surface area contributed by atoms with Crippen molar-refractivity contribution < 1.29 is 21.3 Å². The molecule has 0 spiro atoms. The van der Waals surface area contributed by atoms with E-state index in [1.54, 1.807) is 30.3 Å². The quantitative estimate of drug-likeness (QED) is 0.543. The molecule has 154 valence electrons. The third kappa shape index (κ3) is 5.24. The number of hydrogen-bond donors (Lipinski definition) is 0. The van der Waals surface area contributed by atoms with Crippen molar-refractivity contribution in [3.8, 4) is 11.5 Å². The number of hydrogen-bond acceptors (Lipinski definition) is 6. The number of sulfone groups is 1. The summed E-state index contributed by atoms with van der Waals surface area (Å²) in [5.74, 6) is -0.373. The molecule has 10 heteroatoms. The highest BCUT2D eigenvalue weighted by Gasteiger charge is 2.20. The first-order chi connectivity index (χ1) is 13.6. The largest absolute Gasteiger partial charge is 0.444 e. The van der Waals surface area contributed by atoms with Gasteiger partial charge in [-0.2, -0.15) is 0 Å². The zero-order valence-electron chi connectivity index (χ0n) is 15.7. The predicted octanol–water partition coefficient (Wildman–Crippen LogP) is 3.36. The van der Waals surface area contributed by atoms with E-state index in [-0.39, 0.29) is 28.0 Å². The summed E-state index contributed by atoms with van der Waals surface area (Å²) < 4.78 is 56.1. The number of oxazole rings is 1. The molecule has 0 N–H and O–H groups in total. The molecular weight excluding hydrogens is 436 g/mol. The van der Waals surface area contributed by atoms with E-state index in [1.165, 1.54) is 38.6 Å². The Hall–Kier alpha value is -2.20. The first-order valence-corrected chi connectivity index (χ1v) is 12.1. The Labute approximate surface area is 174 Å².